The number of likely N-dealkylation sites (N-methyl/N-ethyl adjacent to an activating group) is 1. The van der Waals surface area contributed by atoms with E-state index in [-0.39, 0.29) is 11.3 Å². The maximum atomic E-state index is 13.3. The number of aliphatic hydroxyl groups excluding tert-OH is 1. The van der Waals surface area contributed by atoms with Gasteiger partial charge >= 0.3 is 0 Å². The number of hydrogen-bond acceptors (Lipinski definition) is 6. The number of rotatable bonds is 11. The van der Waals surface area contributed by atoms with Gasteiger partial charge in [0.25, 0.3) is 11.7 Å². The van der Waals surface area contributed by atoms with Crippen LogP contribution in [0.15, 0.2) is 84.4 Å². The van der Waals surface area contributed by atoms with E-state index in [4.69, 9.17) is 9.47 Å². The summed E-state index contributed by atoms with van der Waals surface area (Å²) in [5.74, 6) is -0.283. The van der Waals surface area contributed by atoms with Crippen LogP contribution in [0.2, 0.25) is 0 Å². The van der Waals surface area contributed by atoms with E-state index in [9.17, 15) is 14.7 Å². The van der Waals surface area contributed by atoms with Crippen molar-refractivity contribution in [3.63, 3.8) is 0 Å². The molecule has 0 radical (unpaired) electrons. The van der Waals surface area contributed by atoms with E-state index >= 15 is 0 Å². The fraction of sp³-hybridized carbons (Fsp3) is 0.290. The highest BCUT2D eigenvalue weighted by Crippen LogP contribution is 2.40. The highest BCUT2D eigenvalue weighted by atomic mass is 16.5. The molecule has 198 valence electrons. The van der Waals surface area contributed by atoms with Crippen LogP contribution in [0.1, 0.15) is 36.6 Å². The third-order valence-corrected chi connectivity index (χ3v) is 6.88. The molecule has 1 amide bonds. The molecule has 0 spiro atoms. The molecule has 7 nitrogen and oxygen atoms in total. The Bertz CT molecular complexity index is 1280. The Kier molecular flexibility index (Phi) is 8.81. The molecule has 0 saturated carbocycles. The molecular formula is C31H34N2O5. The summed E-state index contributed by atoms with van der Waals surface area (Å²) in [7, 11) is 1.56. The molecule has 0 aromatic heterocycles. The van der Waals surface area contributed by atoms with E-state index in [0.717, 1.165) is 18.7 Å². The van der Waals surface area contributed by atoms with E-state index in [1.807, 2.05) is 54.6 Å². The lowest BCUT2D eigenvalue weighted by Gasteiger charge is -2.28. The highest BCUT2D eigenvalue weighted by molar-refractivity contribution is 6.46. The van der Waals surface area contributed by atoms with Gasteiger partial charge in [0.05, 0.1) is 18.7 Å². The van der Waals surface area contributed by atoms with Crippen molar-refractivity contribution in [2.75, 3.05) is 33.3 Å². The number of nitrogens with zero attached hydrogens (tertiary/aromatic N) is 2. The second-order valence-corrected chi connectivity index (χ2v) is 9.09. The van der Waals surface area contributed by atoms with Gasteiger partial charge < -0.3 is 24.4 Å². The van der Waals surface area contributed by atoms with Crippen molar-refractivity contribution < 1.29 is 24.2 Å². The maximum Gasteiger partial charge on any atom is 0.295 e. The van der Waals surface area contributed by atoms with Crippen molar-refractivity contribution in [1.29, 1.82) is 0 Å². The number of Topliss-reactive ketones (excluding diaryl/α,β-unsaturated/α-hetero) is 1. The van der Waals surface area contributed by atoms with E-state index in [1.165, 1.54) is 0 Å². The van der Waals surface area contributed by atoms with Crippen LogP contribution < -0.4 is 9.47 Å². The first kappa shape index (κ1) is 26.9. The summed E-state index contributed by atoms with van der Waals surface area (Å²) in [5.41, 5.74) is 2.24. The average Bonchev–Trinajstić information content (AvgIpc) is 3.22. The molecule has 1 aliphatic rings. The Hall–Kier alpha value is -4.10. The van der Waals surface area contributed by atoms with Crippen molar-refractivity contribution in [2.45, 2.75) is 26.5 Å². The van der Waals surface area contributed by atoms with Gasteiger partial charge in [-0.15, -0.1) is 0 Å². The number of methoxy groups -OCH3 is 1. The normalized spacial score (nSPS) is 16.7. The molecule has 1 unspecified atom stereocenters. The molecule has 38 heavy (non-hydrogen) atoms. The molecule has 0 aliphatic carbocycles. The van der Waals surface area contributed by atoms with Crippen molar-refractivity contribution in [2.24, 2.45) is 0 Å². The van der Waals surface area contributed by atoms with Crippen LogP contribution in [0.4, 0.5) is 0 Å². The fourth-order valence-electron chi connectivity index (χ4n) is 4.67. The Morgan fingerprint density at radius 2 is 1.63 bits per heavy atom. The number of hydrogen-bond donors (Lipinski definition) is 1. The average molecular weight is 515 g/mol. The summed E-state index contributed by atoms with van der Waals surface area (Å²) < 4.78 is 11.2. The number of aliphatic hydroxyl groups is 1. The first-order valence-electron chi connectivity index (χ1n) is 12.9. The lowest BCUT2D eigenvalue weighted by atomic mass is 9.95. The molecule has 1 fully saturated rings. The van der Waals surface area contributed by atoms with Crippen molar-refractivity contribution >= 4 is 17.4 Å². The zero-order valence-corrected chi connectivity index (χ0v) is 22.1. The van der Waals surface area contributed by atoms with Crippen LogP contribution in [0.3, 0.4) is 0 Å². The van der Waals surface area contributed by atoms with Gasteiger partial charge in [-0.2, -0.15) is 0 Å². The van der Waals surface area contributed by atoms with E-state index in [2.05, 4.69) is 18.7 Å². The van der Waals surface area contributed by atoms with Gasteiger partial charge in [-0.3, -0.25) is 9.59 Å². The Labute approximate surface area is 223 Å². The number of carbonyl (C=O) groups excluding carboxylic acids is 2. The summed E-state index contributed by atoms with van der Waals surface area (Å²) in [6.45, 7) is 7.14. The van der Waals surface area contributed by atoms with Gasteiger partial charge in [0.15, 0.2) is 0 Å². The SMILES string of the molecule is CCN(CC)CCN1C(=O)C(=O)/C(=C(/O)c2ccc(OC)cc2)C1c1cccc(OCc2ccccc2)c1. The third kappa shape index (κ3) is 5.89. The van der Waals surface area contributed by atoms with Gasteiger partial charge in [-0.1, -0.05) is 56.3 Å². The molecule has 3 aromatic rings. The van der Waals surface area contributed by atoms with Gasteiger partial charge in [-0.25, -0.2) is 0 Å². The fourth-order valence-corrected chi connectivity index (χ4v) is 4.67. The van der Waals surface area contributed by atoms with Crippen molar-refractivity contribution in [3.05, 3.63) is 101 Å². The molecule has 1 aliphatic heterocycles. The van der Waals surface area contributed by atoms with Crippen LogP contribution >= 0.6 is 0 Å². The summed E-state index contributed by atoms with van der Waals surface area (Å²) in [5, 5.41) is 11.3. The van der Waals surface area contributed by atoms with E-state index < -0.39 is 17.7 Å². The minimum atomic E-state index is -0.743. The number of amides is 1. The molecule has 7 heteroatoms. The van der Waals surface area contributed by atoms with E-state index in [1.54, 1.807) is 36.3 Å². The molecule has 4 rings (SSSR count). The first-order valence-corrected chi connectivity index (χ1v) is 12.9. The third-order valence-electron chi connectivity index (χ3n) is 6.88. The molecule has 1 heterocycles. The summed E-state index contributed by atoms with van der Waals surface area (Å²) in [4.78, 5) is 30.4. The molecule has 1 saturated heterocycles. The van der Waals surface area contributed by atoms with Gasteiger partial charge in [0.2, 0.25) is 0 Å². The second-order valence-electron chi connectivity index (χ2n) is 9.09. The monoisotopic (exact) mass is 514 g/mol. The lowest BCUT2D eigenvalue weighted by molar-refractivity contribution is -0.140. The number of carbonyl (C=O) groups is 2. The van der Waals surface area contributed by atoms with Gasteiger partial charge in [0, 0.05) is 18.7 Å². The van der Waals surface area contributed by atoms with Gasteiger partial charge in [-0.05, 0) is 60.6 Å². The van der Waals surface area contributed by atoms with Crippen LogP contribution in [-0.4, -0.2) is 59.9 Å². The predicted molar refractivity (Wildman–Crippen MR) is 147 cm³/mol. The standard InChI is InChI=1S/C31H34N2O5/c1-4-32(5-2)18-19-33-28(24-12-9-13-26(20-24)38-21-22-10-7-6-8-11-22)27(30(35)31(33)36)29(34)23-14-16-25(37-3)17-15-23/h6-17,20,28,34H,4-5,18-19,21H2,1-3H3/b29-27+. The van der Waals surface area contributed by atoms with E-state index in [0.29, 0.717) is 42.3 Å². The van der Waals surface area contributed by atoms with Crippen LogP contribution in [0.25, 0.3) is 5.76 Å². The van der Waals surface area contributed by atoms with Crippen LogP contribution in [-0.2, 0) is 16.2 Å². The van der Waals surface area contributed by atoms with Gasteiger partial charge in [0.1, 0.15) is 23.9 Å². The lowest BCUT2D eigenvalue weighted by Crippen LogP contribution is -2.38. The topological polar surface area (TPSA) is 79.3 Å². The zero-order valence-electron chi connectivity index (χ0n) is 22.1. The van der Waals surface area contributed by atoms with Crippen molar-refractivity contribution in [3.8, 4) is 11.5 Å². The number of likely N-dealkylation sites (tertiary alicyclic amines) is 1. The molecule has 1 atom stereocenters. The van der Waals surface area contributed by atoms with Crippen molar-refractivity contribution in [1.82, 2.24) is 9.80 Å². The number of benzene rings is 3. The summed E-state index contributed by atoms with van der Waals surface area (Å²) in [6.07, 6.45) is 0. The number of ether oxygens (including phenoxy) is 2. The maximum absolute atomic E-state index is 13.3. The Morgan fingerprint density at radius 3 is 2.29 bits per heavy atom. The Morgan fingerprint density at radius 1 is 0.921 bits per heavy atom. The molecule has 3 aromatic carbocycles. The molecular weight excluding hydrogens is 480 g/mol. The molecule has 1 N–H and O–H groups in total. The minimum Gasteiger partial charge on any atom is -0.507 e. The number of ketones is 1. The Balaban J connectivity index is 1.72. The second kappa shape index (κ2) is 12.4. The van der Waals surface area contributed by atoms with Crippen LogP contribution in [0, 0.1) is 0 Å². The summed E-state index contributed by atoms with van der Waals surface area (Å²) in [6, 6.07) is 23.2. The first-order chi connectivity index (χ1) is 18.5. The predicted octanol–water partition coefficient (Wildman–Crippen LogP) is 5.04. The highest BCUT2D eigenvalue weighted by Gasteiger charge is 2.46. The minimum absolute atomic E-state index is 0.0694. The van der Waals surface area contributed by atoms with Crippen LogP contribution in [0.5, 0.6) is 11.5 Å². The molecule has 0 bridgehead atoms. The quantitative estimate of drug-likeness (QED) is 0.220. The smallest absolute Gasteiger partial charge is 0.295 e. The largest absolute Gasteiger partial charge is 0.507 e. The summed E-state index contributed by atoms with van der Waals surface area (Å²) >= 11 is 0. The zero-order chi connectivity index (χ0) is 27.1.